The van der Waals surface area contributed by atoms with Crippen molar-refractivity contribution in [1.82, 2.24) is 5.32 Å². The Kier molecular flexibility index (Phi) is 7.18. The summed E-state index contributed by atoms with van der Waals surface area (Å²) in [5.41, 5.74) is 2.49. The lowest BCUT2D eigenvalue weighted by Gasteiger charge is -2.18. The number of nitrogens with one attached hydrogen (secondary N) is 1. The first-order valence-corrected chi connectivity index (χ1v) is 10.5. The van der Waals surface area contributed by atoms with E-state index < -0.39 is 12.1 Å². The molecule has 1 aliphatic rings. The molecule has 1 amide bonds. The molecule has 3 aromatic carbocycles. The Hall–Kier alpha value is -4.32. The van der Waals surface area contributed by atoms with E-state index in [2.05, 4.69) is 5.32 Å². The molecule has 6 heteroatoms. The lowest BCUT2D eigenvalue weighted by molar-refractivity contribution is -0.143. The maximum Gasteiger partial charge on any atom is 0.331 e. The number of esters is 1. The van der Waals surface area contributed by atoms with Gasteiger partial charge in [-0.05, 0) is 41.0 Å². The number of hydrogen-bond acceptors (Lipinski definition) is 5. The second kappa shape index (κ2) is 10.8. The van der Waals surface area contributed by atoms with E-state index in [4.69, 9.17) is 14.2 Å². The molecule has 0 spiro atoms. The minimum absolute atomic E-state index is 0.0997. The molecule has 1 aliphatic heterocycles. The van der Waals surface area contributed by atoms with Crippen LogP contribution in [0.5, 0.6) is 11.5 Å². The number of benzene rings is 3. The van der Waals surface area contributed by atoms with Crippen molar-refractivity contribution in [3.05, 3.63) is 108 Å². The number of carbonyl (C=O) groups excluding carboxylic acids is 2. The van der Waals surface area contributed by atoms with Gasteiger partial charge in [0.1, 0.15) is 6.10 Å². The van der Waals surface area contributed by atoms with Crippen LogP contribution < -0.4 is 14.8 Å². The van der Waals surface area contributed by atoms with Crippen LogP contribution in [0.2, 0.25) is 0 Å². The minimum Gasteiger partial charge on any atom is -0.454 e. The van der Waals surface area contributed by atoms with E-state index in [0.29, 0.717) is 17.1 Å². The molecule has 1 atom stereocenters. The largest absolute Gasteiger partial charge is 0.454 e. The van der Waals surface area contributed by atoms with Gasteiger partial charge in [0, 0.05) is 12.2 Å². The molecule has 0 aromatic heterocycles. The van der Waals surface area contributed by atoms with Crippen molar-refractivity contribution in [2.24, 2.45) is 0 Å². The minimum atomic E-state index is -0.707. The third kappa shape index (κ3) is 6.33. The molecule has 1 heterocycles. The summed E-state index contributed by atoms with van der Waals surface area (Å²) in [4.78, 5) is 24.8. The molecule has 6 nitrogen and oxygen atoms in total. The second-order valence-electron chi connectivity index (χ2n) is 7.27. The first-order valence-electron chi connectivity index (χ1n) is 10.5. The standard InChI is InChI=1S/C27H23NO5/c29-26(15-11-20-7-3-1-4-8-20)28-18-25(22-13-14-23-24(17-22)32-19-31-23)33-27(30)16-12-21-9-5-2-6-10-21/h1-17,25H,18-19H2,(H,28,29)/t25-/m0/s1. The van der Waals surface area contributed by atoms with Gasteiger partial charge in [-0.15, -0.1) is 0 Å². The van der Waals surface area contributed by atoms with Crippen molar-refractivity contribution in [1.29, 1.82) is 0 Å². The van der Waals surface area contributed by atoms with E-state index >= 15 is 0 Å². The van der Waals surface area contributed by atoms with Crippen LogP contribution in [-0.4, -0.2) is 25.2 Å². The van der Waals surface area contributed by atoms with Crippen LogP contribution in [0.1, 0.15) is 22.8 Å². The van der Waals surface area contributed by atoms with Crippen molar-refractivity contribution in [3.63, 3.8) is 0 Å². The molecular weight excluding hydrogens is 418 g/mol. The third-order valence-corrected chi connectivity index (χ3v) is 4.93. The Bertz CT molecular complexity index is 1160. The maximum absolute atomic E-state index is 12.5. The Morgan fingerprint density at radius 1 is 0.848 bits per heavy atom. The Labute approximate surface area is 192 Å². The van der Waals surface area contributed by atoms with E-state index in [1.54, 1.807) is 30.4 Å². The summed E-state index contributed by atoms with van der Waals surface area (Å²) in [7, 11) is 0. The third-order valence-electron chi connectivity index (χ3n) is 4.93. The highest BCUT2D eigenvalue weighted by Crippen LogP contribution is 2.35. The van der Waals surface area contributed by atoms with Gasteiger partial charge in [0.15, 0.2) is 11.5 Å². The molecule has 1 N–H and O–H groups in total. The second-order valence-corrected chi connectivity index (χ2v) is 7.27. The highest BCUT2D eigenvalue weighted by Gasteiger charge is 2.21. The monoisotopic (exact) mass is 441 g/mol. The van der Waals surface area contributed by atoms with Crippen molar-refractivity contribution >= 4 is 24.0 Å². The molecule has 0 unspecified atom stereocenters. The van der Waals surface area contributed by atoms with Crippen LogP contribution >= 0.6 is 0 Å². The van der Waals surface area contributed by atoms with Crippen molar-refractivity contribution < 1.29 is 23.8 Å². The molecule has 0 aliphatic carbocycles. The summed E-state index contributed by atoms with van der Waals surface area (Å²) in [5.74, 6) is 0.391. The molecule has 3 aromatic rings. The predicted octanol–water partition coefficient (Wildman–Crippen LogP) is 4.54. The molecule has 0 bridgehead atoms. The Morgan fingerprint density at radius 2 is 1.48 bits per heavy atom. The van der Waals surface area contributed by atoms with Gasteiger partial charge in [-0.2, -0.15) is 0 Å². The lowest BCUT2D eigenvalue weighted by Crippen LogP contribution is -2.29. The smallest absolute Gasteiger partial charge is 0.331 e. The zero-order valence-corrected chi connectivity index (χ0v) is 17.8. The van der Waals surface area contributed by atoms with Gasteiger partial charge in [-0.25, -0.2) is 4.79 Å². The summed E-state index contributed by atoms with van der Waals surface area (Å²) in [5, 5.41) is 2.80. The van der Waals surface area contributed by atoms with Gasteiger partial charge < -0.3 is 19.5 Å². The topological polar surface area (TPSA) is 73.9 Å². The van der Waals surface area contributed by atoms with Gasteiger partial charge in [0.05, 0.1) is 6.54 Å². The summed E-state index contributed by atoms with van der Waals surface area (Å²) < 4.78 is 16.5. The molecule has 33 heavy (non-hydrogen) atoms. The maximum atomic E-state index is 12.5. The van der Waals surface area contributed by atoms with E-state index in [-0.39, 0.29) is 19.2 Å². The van der Waals surface area contributed by atoms with Crippen LogP contribution in [-0.2, 0) is 14.3 Å². The fourth-order valence-corrected chi connectivity index (χ4v) is 3.24. The zero-order chi connectivity index (χ0) is 22.9. The molecular formula is C27H23NO5. The van der Waals surface area contributed by atoms with E-state index in [1.165, 1.54) is 12.2 Å². The first-order chi connectivity index (χ1) is 16.2. The highest BCUT2D eigenvalue weighted by atomic mass is 16.7. The lowest BCUT2D eigenvalue weighted by atomic mass is 10.1. The zero-order valence-electron chi connectivity index (χ0n) is 17.8. The van der Waals surface area contributed by atoms with Gasteiger partial charge >= 0.3 is 5.97 Å². The molecule has 0 saturated heterocycles. The van der Waals surface area contributed by atoms with Crippen LogP contribution in [0, 0.1) is 0 Å². The van der Waals surface area contributed by atoms with Gasteiger partial charge in [0.25, 0.3) is 0 Å². The molecule has 4 rings (SSSR count). The molecule has 166 valence electrons. The number of carbonyl (C=O) groups is 2. The summed E-state index contributed by atoms with van der Waals surface area (Å²) in [6.45, 7) is 0.243. The fraction of sp³-hybridized carbons (Fsp3) is 0.111. The molecule has 0 radical (unpaired) electrons. The number of hydrogen-bond donors (Lipinski definition) is 1. The van der Waals surface area contributed by atoms with Gasteiger partial charge in [-0.1, -0.05) is 66.7 Å². The SMILES string of the molecule is O=C(C=Cc1ccccc1)NC[C@H](OC(=O)C=Cc1ccccc1)c1ccc2c(c1)OCO2. The summed E-state index contributed by atoms with van der Waals surface area (Å²) in [6.07, 6.45) is 5.51. The van der Waals surface area contributed by atoms with Crippen LogP contribution in [0.25, 0.3) is 12.2 Å². The normalized spacial score (nSPS) is 13.2. The quantitative estimate of drug-likeness (QED) is 0.410. The van der Waals surface area contributed by atoms with Crippen LogP contribution in [0.3, 0.4) is 0 Å². The average Bonchev–Trinajstić information content (AvgIpc) is 3.33. The number of rotatable bonds is 8. The van der Waals surface area contributed by atoms with E-state index in [9.17, 15) is 9.59 Å². The van der Waals surface area contributed by atoms with Gasteiger partial charge in [0.2, 0.25) is 12.7 Å². The summed E-state index contributed by atoms with van der Waals surface area (Å²) >= 11 is 0. The Morgan fingerprint density at radius 3 is 2.18 bits per heavy atom. The number of ether oxygens (including phenoxy) is 3. The van der Waals surface area contributed by atoms with Crippen molar-refractivity contribution in [3.8, 4) is 11.5 Å². The van der Waals surface area contributed by atoms with E-state index in [1.807, 2.05) is 60.7 Å². The highest BCUT2D eigenvalue weighted by molar-refractivity contribution is 5.91. The predicted molar refractivity (Wildman–Crippen MR) is 125 cm³/mol. The number of fused-ring (bicyclic) bond motifs is 1. The fourth-order valence-electron chi connectivity index (χ4n) is 3.24. The van der Waals surface area contributed by atoms with Crippen LogP contribution in [0.4, 0.5) is 0 Å². The molecule has 0 saturated carbocycles. The summed E-state index contributed by atoms with van der Waals surface area (Å²) in [6, 6.07) is 24.3. The van der Waals surface area contributed by atoms with Crippen molar-refractivity contribution in [2.75, 3.05) is 13.3 Å². The van der Waals surface area contributed by atoms with Crippen molar-refractivity contribution in [2.45, 2.75) is 6.10 Å². The molecule has 0 fully saturated rings. The number of amides is 1. The first kappa shape index (κ1) is 21.9. The van der Waals surface area contributed by atoms with Crippen LogP contribution in [0.15, 0.2) is 91.0 Å². The Balaban J connectivity index is 1.44. The van der Waals surface area contributed by atoms with E-state index in [0.717, 1.165) is 11.1 Å². The van der Waals surface area contributed by atoms with Gasteiger partial charge in [-0.3, -0.25) is 4.79 Å². The average molecular weight is 441 g/mol.